The number of hydrogen-bond acceptors (Lipinski definition) is 3. The maximum absolute atomic E-state index is 11.0. The molecule has 0 bridgehead atoms. The van der Waals surface area contributed by atoms with Crippen molar-refractivity contribution in [3.05, 3.63) is 26.7 Å². The second-order valence-corrected chi connectivity index (χ2v) is 8.48. The number of hydrogen-bond donors (Lipinski definition) is 0. The fraction of sp³-hybridized carbons (Fsp3) is 0.455. The maximum atomic E-state index is 11.0. The van der Waals surface area contributed by atoms with E-state index in [4.69, 9.17) is 38.6 Å². The standard InChI is InChI=1S/C11H12BrCl3O3S/c1-2-7(6-19(15,16)17)5-18-11-4-9(13)8(12)3-10(11)14/h3-4,7H,2,5-6H2,1H3. The molecule has 0 aromatic heterocycles. The van der Waals surface area contributed by atoms with Crippen LogP contribution in [0.1, 0.15) is 13.3 Å². The van der Waals surface area contributed by atoms with Gasteiger partial charge in [0.05, 0.1) is 22.4 Å². The Hall–Kier alpha value is 0.320. The van der Waals surface area contributed by atoms with Crippen molar-refractivity contribution in [2.24, 2.45) is 5.92 Å². The van der Waals surface area contributed by atoms with E-state index in [-0.39, 0.29) is 18.3 Å². The Morgan fingerprint density at radius 1 is 1.32 bits per heavy atom. The Morgan fingerprint density at radius 3 is 2.47 bits per heavy atom. The molecule has 1 atom stereocenters. The summed E-state index contributed by atoms with van der Waals surface area (Å²) in [5, 5.41) is 0.872. The van der Waals surface area contributed by atoms with Gasteiger partial charge in [0.2, 0.25) is 9.05 Å². The van der Waals surface area contributed by atoms with E-state index in [0.29, 0.717) is 26.7 Å². The van der Waals surface area contributed by atoms with Crippen LogP contribution in [0.25, 0.3) is 0 Å². The topological polar surface area (TPSA) is 43.4 Å². The lowest BCUT2D eigenvalue weighted by Crippen LogP contribution is -2.19. The highest BCUT2D eigenvalue weighted by atomic mass is 79.9. The van der Waals surface area contributed by atoms with Gasteiger partial charge in [-0.1, -0.05) is 30.1 Å². The van der Waals surface area contributed by atoms with Gasteiger partial charge in [-0.2, -0.15) is 0 Å². The monoisotopic (exact) mass is 408 g/mol. The predicted octanol–water partition coefficient (Wildman–Crippen LogP) is 4.73. The number of rotatable bonds is 6. The first-order valence-corrected chi connectivity index (χ1v) is 9.45. The molecule has 8 heteroatoms. The average Bonchev–Trinajstić information content (AvgIpc) is 2.28. The minimum absolute atomic E-state index is 0.132. The van der Waals surface area contributed by atoms with Crippen LogP contribution in [0.5, 0.6) is 5.75 Å². The summed E-state index contributed by atoms with van der Waals surface area (Å²) in [6, 6.07) is 3.20. The van der Waals surface area contributed by atoms with Gasteiger partial charge in [-0.15, -0.1) is 0 Å². The van der Waals surface area contributed by atoms with E-state index < -0.39 is 9.05 Å². The predicted molar refractivity (Wildman–Crippen MR) is 83.1 cm³/mol. The van der Waals surface area contributed by atoms with Gasteiger partial charge < -0.3 is 4.74 Å². The first kappa shape index (κ1) is 17.4. The summed E-state index contributed by atoms with van der Waals surface area (Å²) < 4.78 is 28.2. The Bertz CT molecular complexity index is 548. The van der Waals surface area contributed by atoms with Crippen LogP contribution >= 0.6 is 49.8 Å². The summed E-state index contributed by atoms with van der Waals surface area (Å²) in [5.74, 6) is 0.0914. The largest absolute Gasteiger partial charge is 0.492 e. The molecule has 0 aliphatic carbocycles. The molecule has 0 aliphatic heterocycles. The van der Waals surface area contributed by atoms with E-state index in [2.05, 4.69) is 15.9 Å². The summed E-state index contributed by atoms with van der Waals surface area (Å²) in [5.41, 5.74) is 0. The van der Waals surface area contributed by atoms with E-state index in [0.717, 1.165) is 0 Å². The lowest BCUT2D eigenvalue weighted by Gasteiger charge is -2.15. The van der Waals surface area contributed by atoms with Crippen molar-refractivity contribution < 1.29 is 13.2 Å². The SMILES string of the molecule is CCC(COc1cc(Cl)c(Br)cc1Cl)CS(=O)(=O)Cl. The summed E-state index contributed by atoms with van der Waals surface area (Å²) in [6.45, 7) is 2.08. The van der Waals surface area contributed by atoms with Crippen LogP contribution in [0.2, 0.25) is 10.0 Å². The minimum atomic E-state index is -3.54. The van der Waals surface area contributed by atoms with Crippen LogP contribution in [0.4, 0.5) is 0 Å². The van der Waals surface area contributed by atoms with Gasteiger partial charge in [-0.05, 0) is 28.4 Å². The van der Waals surface area contributed by atoms with Crippen molar-refractivity contribution in [2.75, 3.05) is 12.4 Å². The molecule has 0 radical (unpaired) electrons. The maximum Gasteiger partial charge on any atom is 0.232 e. The van der Waals surface area contributed by atoms with Gasteiger partial charge in [-0.3, -0.25) is 0 Å². The molecule has 1 aromatic carbocycles. The number of ether oxygens (including phenoxy) is 1. The van der Waals surface area contributed by atoms with Crippen LogP contribution < -0.4 is 4.74 Å². The molecular weight excluding hydrogens is 398 g/mol. The Morgan fingerprint density at radius 2 is 1.95 bits per heavy atom. The van der Waals surface area contributed by atoms with Crippen LogP contribution in [-0.2, 0) is 9.05 Å². The van der Waals surface area contributed by atoms with Crippen LogP contribution in [0.3, 0.4) is 0 Å². The quantitative estimate of drug-likeness (QED) is 0.503. The van der Waals surface area contributed by atoms with E-state index >= 15 is 0 Å². The minimum Gasteiger partial charge on any atom is -0.492 e. The molecule has 0 saturated heterocycles. The van der Waals surface area contributed by atoms with E-state index in [1.165, 1.54) is 0 Å². The molecule has 0 spiro atoms. The zero-order valence-corrected chi connectivity index (χ0v) is 14.7. The molecule has 3 nitrogen and oxygen atoms in total. The smallest absolute Gasteiger partial charge is 0.232 e. The molecule has 1 rings (SSSR count). The van der Waals surface area contributed by atoms with Gasteiger partial charge in [0.1, 0.15) is 5.75 Å². The highest BCUT2D eigenvalue weighted by molar-refractivity contribution is 9.10. The van der Waals surface area contributed by atoms with Crippen molar-refractivity contribution in [3.8, 4) is 5.75 Å². The third-order valence-electron chi connectivity index (χ3n) is 2.46. The average molecular weight is 411 g/mol. The van der Waals surface area contributed by atoms with Gasteiger partial charge >= 0.3 is 0 Å². The van der Waals surface area contributed by atoms with Gasteiger partial charge in [0.25, 0.3) is 0 Å². The molecule has 0 fully saturated rings. The summed E-state index contributed by atoms with van der Waals surface area (Å²) >= 11 is 15.2. The molecule has 1 aromatic rings. The van der Waals surface area contributed by atoms with Gasteiger partial charge in [-0.25, -0.2) is 8.42 Å². The van der Waals surface area contributed by atoms with Crippen molar-refractivity contribution in [2.45, 2.75) is 13.3 Å². The number of halogens is 4. The third-order valence-corrected chi connectivity index (χ3v) is 5.20. The third kappa shape index (κ3) is 6.08. The van der Waals surface area contributed by atoms with Crippen molar-refractivity contribution >= 4 is 58.9 Å². The molecule has 1 unspecified atom stereocenters. The lowest BCUT2D eigenvalue weighted by atomic mass is 10.1. The summed E-state index contributed by atoms with van der Waals surface area (Å²) in [6.07, 6.45) is 0.633. The Labute approximate surface area is 135 Å². The van der Waals surface area contributed by atoms with E-state index in [1.54, 1.807) is 12.1 Å². The molecular formula is C11H12BrCl3O3S. The fourth-order valence-electron chi connectivity index (χ4n) is 1.39. The zero-order chi connectivity index (χ0) is 14.6. The molecule has 19 heavy (non-hydrogen) atoms. The molecule has 108 valence electrons. The number of benzene rings is 1. The molecule has 0 aliphatic rings. The zero-order valence-electron chi connectivity index (χ0n) is 10.00. The van der Waals surface area contributed by atoms with Crippen LogP contribution in [-0.4, -0.2) is 20.8 Å². The highest BCUT2D eigenvalue weighted by Gasteiger charge is 2.17. The molecule has 0 heterocycles. The van der Waals surface area contributed by atoms with Crippen LogP contribution in [0.15, 0.2) is 16.6 Å². The summed E-state index contributed by atoms with van der Waals surface area (Å²) in [4.78, 5) is 0. The first-order chi connectivity index (χ1) is 8.73. The first-order valence-electron chi connectivity index (χ1n) is 5.42. The van der Waals surface area contributed by atoms with E-state index in [9.17, 15) is 8.42 Å². The second-order valence-electron chi connectivity index (χ2n) is 3.99. The van der Waals surface area contributed by atoms with Crippen molar-refractivity contribution in [3.63, 3.8) is 0 Å². The van der Waals surface area contributed by atoms with Gasteiger partial charge in [0.15, 0.2) is 0 Å². The highest BCUT2D eigenvalue weighted by Crippen LogP contribution is 2.34. The summed E-state index contributed by atoms with van der Waals surface area (Å²) in [7, 11) is 1.69. The Kier molecular flexibility index (Phi) is 6.73. The van der Waals surface area contributed by atoms with E-state index in [1.807, 2.05) is 6.92 Å². The Balaban J connectivity index is 2.73. The molecule has 0 saturated carbocycles. The van der Waals surface area contributed by atoms with Gasteiger partial charge in [0, 0.05) is 27.1 Å². The normalized spacial score (nSPS) is 13.3. The van der Waals surface area contributed by atoms with Crippen LogP contribution in [0, 0.1) is 5.92 Å². The fourth-order valence-corrected chi connectivity index (χ4v) is 3.66. The van der Waals surface area contributed by atoms with Crippen molar-refractivity contribution in [1.29, 1.82) is 0 Å². The lowest BCUT2D eigenvalue weighted by molar-refractivity contribution is 0.258. The second kappa shape index (κ2) is 7.36. The molecule has 0 N–H and O–H groups in total. The molecule has 0 amide bonds. The van der Waals surface area contributed by atoms with Crippen molar-refractivity contribution in [1.82, 2.24) is 0 Å².